The van der Waals surface area contributed by atoms with Gasteiger partial charge >= 0.3 is 0 Å². The number of benzene rings is 1. The first-order valence-electron chi connectivity index (χ1n) is 6.36. The van der Waals surface area contributed by atoms with Gasteiger partial charge in [-0.25, -0.2) is 12.8 Å². The van der Waals surface area contributed by atoms with Crippen molar-refractivity contribution < 1.29 is 12.8 Å². The van der Waals surface area contributed by atoms with E-state index in [1.54, 1.807) is 11.3 Å². The molecule has 1 fully saturated rings. The highest BCUT2D eigenvalue weighted by Crippen LogP contribution is 2.33. The van der Waals surface area contributed by atoms with Crippen LogP contribution in [0.2, 0.25) is 0 Å². The van der Waals surface area contributed by atoms with Crippen molar-refractivity contribution in [2.45, 2.75) is 30.3 Å². The van der Waals surface area contributed by atoms with Gasteiger partial charge in [0.25, 0.3) is 0 Å². The molecule has 1 heterocycles. The maximum Gasteiger partial charge on any atom is 0.243 e. The molecule has 106 valence electrons. The third kappa shape index (κ3) is 2.77. The van der Waals surface area contributed by atoms with E-state index in [4.69, 9.17) is 0 Å². The molecule has 0 unspecified atom stereocenters. The third-order valence-electron chi connectivity index (χ3n) is 3.29. The summed E-state index contributed by atoms with van der Waals surface area (Å²) in [6.45, 7) is 0.383. The van der Waals surface area contributed by atoms with Gasteiger partial charge in [0, 0.05) is 12.6 Å². The van der Waals surface area contributed by atoms with E-state index in [-0.39, 0.29) is 10.9 Å². The zero-order valence-electron chi connectivity index (χ0n) is 10.7. The largest absolute Gasteiger partial charge is 0.243 e. The molecule has 0 atom stereocenters. The van der Waals surface area contributed by atoms with Crippen molar-refractivity contribution in [3.8, 4) is 0 Å². The van der Waals surface area contributed by atoms with E-state index in [1.165, 1.54) is 28.6 Å². The molecule has 0 aliphatic heterocycles. The summed E-state index contributed by atoms with van der Waals surface area (Å²) < 4.78 is 39.8. The molecule has 0 saturated heterocycles. The number of sulfonamides is 1. The van der Waals surface area contributed by atoms with E-state index < -0.39 is 15.8 Å². The van der Waals surface area contributed by atoms with Crippen LogP contribution in [0.15, 0.2) is 46.0 Å². The third-order valence-corrected chi connectivity index (χ3v) is 5.94. The Morgan fingerprint density at radius 2 is 1.90 bits per heavy atom. The second-order valence-corrected chi connectivity index (χ2v) is 7.54. The number of rotatable bonds is 5. The van der Waals surface area contributed by atoms with Crippen molar-refractivity contribution in [1.29, 1.82) is 0 Å². The minimum Gasteiger partial charge on any atom is -0.207 e. The van der Waals surface area contributed by atoms with Crippen molar-refractivity contribution in [3.63, 3.8) is 0 Å². The Morgan fingerprint density at radius 1 is 1.20 bits per heavy atom. The smallest absolute Gasteiger partial charge is 0.207 e. The number of hydrogen-bond acceptors (Lipinski definition) is 3. The van der Waals surface area contributed by atoms with Crippen molar-refractivity contribution in [2.75, 3.05) is 0 Å². The number of nitrogens with zero attached hydrogens (tertiary/aromatic N) is 1. The van der Waals surface area contributed by atoms with Crippen LogP contribution in [-0.2, 0) is 16.6 Å². The van der Waals surface area contributed by atoms with Gasteiger partial charge in [-0.05, 0) is 59.5 Å². The monoisotopic (exact) mass is 311 g/mol. The Balaban J connectivity index is 1.91. The highest BCUT2D eigenvalue weighted by molar-refractivity contribution is 7.89. The quantitative estimate of drug-likeness (QED) is 0.850. The van der Waals surface area contributed by atoms with Gasteiger partial charge in [0.1, 0.15) is 5.82 Å². The van der Waals surface area contributed by atoms with E-state index in [0.717, 1.165) is 18.4 Å². The van der Waals surface area contributed by atoms with E-state index in [9.17, 15) is 12.8 Å². The number of thiophene rings is 1. The van der Waals surface area contributed by atoms with Gasteiger partial charge in [0.2, 0.25) is 10.0 Å². The Hall–Kier alpha value is -1.24. The zero-order chi connectivity index (χ0) is 14.2. The SMILES string of the molecule is O=S(=O)(c1ccc(F)cc1)N(Cc1ccsc1)C1CC1. The minimum absolute atomic E-state index is 0.0740. The Bertz CT molecular complexity index is 676. The van der Waals surface area contributed by atoms with Crippen LogP contribution in [-0.4, -0.2) is 18.8 Å². The lowest BCUT2D eigenvalue weighted by atomic mass is 10.3. The van der Waals surface area contributed by atoms with E-state index in [2.05, 4.69) is 0 Å². The van der Waals surface area contributed by atoms with E-state index in [0.29, 0.717) is 6.54 Å². The fraction of sp³-hybridized carbons (Fsp3) is 0.286. The van der Waals surface area contributed by atoms with Crippen molar-refractivity contribution in [1.82, 2.24) is 4.31 Å². The molecular weight excluding hydrogens is 297 g/mol. The van der Waals surface area contributed by atoms with Crippen LogP contribution in [0.3, 0.4) is 0 Å². The lowest BCUT2D eigenvalue weighted by Gasteiger charge is -2.21. The number of halogens is 1. The summed E-state index contributed by atoms with van der Waals surface area (Å²) in [5.74, 6) is -0.431. The molecule has 0 radical (unpaired) electrons. The van der Waals surface area contributed by atoms with Gasteiger partial charge < -0.3 is 0 Å². The Kier molecular flexibility index (Phi) is 3.62. The minimum atomic E-state index is -3.56. The molecule has 1 aromatic carbocycles. The predicted molar refractivity (Wildman–Crippen MR) is 76.5 cm³/mol. The van der Waals surface area contributed by atoms with Crippen LogP contribution in [0.1, 0.15) is 18.4 Å². The summed E-state index contributed by atoms with van der Waals surface area (Å²) in [7, 11) is -3.56. The summed E-state index contributed by atoms with van der Waals surface area (Å²) >= 11 is 1.55. The molecule has 1 aliphatic carbocycles. The summed E-state index contributed by atoms with van der Waals surface area (Å²) in [6.07, 6.45) is 1.79. The summed E-state index contributed by atoms with van der Waals surface area (Å²) in [6, 6.07) is 7.03. The topological polar surface area (TPSA) is 37.4 Å². The highest BCUT2D eigenvalue weighted by atomic mass is 32.2. The van der Waals surface area contributed by atoms with Crippen molar-refractivity contribution in [2.24, 2.45) is 0 Å². The lowest BCUT2D eigenvalue weighted by Crippen LogP contribution is -2.32. The standard InChI is InChI=1S/C14H14FNO2S2/c15-12-1-5-14(6-2-12)20(17,18)16(13-3-4-13)9-11-7-8-19-10-11/h1-2,5-8,10,13H,3-4,9H2. The Labute approximate surface area is 121 Å². The van der Waals surface area contributed by atoms with Crippen molar-refractivity contribution >= 4 is 21.4 Å². The molecule has 0 spiro atoms. The maximum atomic E-state index is 12.9. The molecule has 0 N–H and O–H groups in total. The first-order chi connectivity index (χ1) is 9.57. The van der Waals surface area contributed by atoms with Crippen LogP contribution >= 0.6 is 11.3 Å². The van der Waals surface area contributed by atoms with Gasteiger partial charge in [0.05, 0.1) is 4.90 Å². The highest BCUT2D eigenvalue weighted by Gasteiger charge is 2.38. The van der Waals surface area contributed by atoms with E-state index in [1.807, 2.05) is 16.8 Å². The summed E-state index contributed by atoms with van der Waals surface area (Å²) in [4.78, 5) is 0.154. The van der Waals surface area contributed by atoms with Crippen LogP contribution in [0, 0.1) is 5.82 Å². The van der Waals surface area contributed by atoms with Crippen LogP contribution < -0.4 is 0 Å². The van der Waals surface area contributed by atoms with Crippen LogP contribution in [0.25, 0.3) is 0 Å². The van der Waals surface area contributed by atoms with Gasteiger partial charge in [-0.2, -0.15) is 15.6 Å². The molecule has 3 rings (SSSR count). The first kappa shape index (κ1) is 13.7. The molecule has 6 heteroatoms. The molecule has 1 saturated carbocycles. The van der Waals surface area contributed by atoms with Crippen molar-refractivity contribution in [3.05, 3.63) is 52.5 Å². The molecule has 0 amide bonds. The van der Waals surface area contributed by atoms with Crippen LogP contribution in [0.4, 0.5) is 4.39 Å². The second-order valence-electron chi connectivity index (χ2n) is 4.87. The fourth-order valence-electron chi connectivity index (χ4n) is 2.08. The maximum absolute atomic E-state index is 12.9. The molecule has 1 aliphatic rings. The van der Waals surface area contributed by atoms with Gasteiger partial charge in [-0.3, -0.25) is 0 Å². The molecule has 1 aromatic heterocycles. The van der Waals surface area contributed by atoms with Gasteiger partial charge in [-0.15, -0.1) is 0 Å². The predicted octanol–water partition coefficient (Wildman–Crippen LogP) is 3.24. The zero-order valence-corrected chi connectivity index (χ0v) is 12.3. The summed E-state index contributed by atoms with van der Waals surface area (Å²) in [5, 5.41) is 3.89. The van der Waals surface area contributed by atoms with Gasteiger partial charge in [-0.1, -0.05) is 0 Å². The average Bonchev–Trinajstić information content (AvgIpc) is 3.12. The molecule has 20 heavy (non-hydrogen) atoms. The molecule has 2 aromatic rings. The lowest BCUT2D eigenvalue weighted by molar-refractivity contribution is 0.399. The molecule has 0 bridgehead atoms. The van der Waals surface area contributed by atoms with E-state index >= 15 is 0 Å². The number of hydrogen-bond donors (Lipinski definition) is 0. The fourth-order valence-corrected chi connectivity index (χ4v) is 4.41. The normalized spacial score (nSPS) is 15.7. The summed E-state index contributed by atoms with van der Waals surface area (Å²) in [5.41, 5.74) is 0.993. The first-order valence-corrected chi connectivity index (χ1v) is 8.74. The van der Waals surface area contributed by atoms with Crippen LogP contribution in [0.5, 0.6) is 0 Å². The second kappa shape index (κ2) is 5.27. The Morgan fingerprint density at radius 3 is 2.45 bits per heavy atom. The molecule has 3 nitrogen and oxygen atoms in total. The average molecular weight is 311 g/mol. The van der Waals surface area contributed by atoms with Gasteiger partial charge in [0.15, 0.2) is 0 Å². The molecular formula is C14H14FNO2S2.